The average Bonchev–Trinajstić information content (AvgIpc) is 3.56. The zero-order valence-corrected chi connectivity index (χ0v) is 32.9. The summed E-state index contributed by atoms with van der Waals surface area (Å²) in [6.07, 6.45) is -2.96. The lowest BCUT2D eigenvalue weighted by atomic mass is 9.72. The van der Waals surface area contributed by atoms with Crippen LogP contribution in [0.4, 0.5) is 5.69 Å². The molecule has 298 valence electrons. The number of ether oxygens (including phenoxy) is 5. The molecule has 5 aliphatic rings. The first-order chi connectivity index (χ1) is 26.7. The number of nitrogen functional groups attached to an aromatic ring is 1. The Kier molecular flexibility index (Phi) is 10.4. The summed E-state index contributed by atoms with van der Waals surface area (Å²) in [5, 5.41) is 39.8. The summed E-state index contributed by atoms with van der Waals surface area (Å²) >= 11 is 0. The lowest BCUT2D eigenvalue weighted by Gasteiger charge is -2.43. The number of amides is 1. The molecule has 3 fully saturated rings. The SMILES string of the molecule is CO[C@H]1OCCN2[C@@H]1O[C@@H]1[C@H](C)O[C@@H](O[C@H]3C[C@](O)(C(=O)NCC(C)(C)SSc4ccccn4)Cc4c(O)c5c(c(O)c43)C(=O)c3c(N)cccc3C5=O)C[C@@H]12. The number of aromatic nitrogens is 1. The fourth-order valence-corrected chi connectivity index (χ4v) is 10.5. The van der Waals surface area contributed by atoms with Crippen molar-refractivity contribution in [1.29, 1.82) is 0 Å². The van der Waals surface area contributed by atoms with E-state index >= 15 is 0 Å². The van der Waals surface area contributed by atoms with Gasteiger partial charge in [-0.25, -0.2) is 4.98 Å². The molecule has 3 saturated heterocycles. The summed E-state index contributed by atoms with van der Waals surface area (Å²) in [6, 6.07) is 9.83. The predicted molar refractivity (Wildman–Crippen MR) is 204 cm³/mol. The number of aromatic hydroxyl groups is 2. The van der Waals surface area contributed by atoms with Crippen molar-refractivity contribution >= 4 is 44.7 Å². The Morgan fingerprint density at radius 1 is 1.11 bits per heavy atom. The number of carbonyl (C=O) groups is 3. The van der Waals surface area contributed by atoms with Crippen molar-refractivity contribution in [3.63, 3.8) is 0 Å². The van der Waals surface area contributed by atoms with E-state index in [1.165, 1.54) is 39.8 Å². The van der Waals surface area contributed by atoms with E-state index in [1.54, 1.807) is 13.3 Å². The Morgan fingerprint density at radius 3 is 2.64 bits per heavy atom. The van der Waals surface area contributed by atoms with Crippen molar-refractivity contribution in [3.8, 4) is 11.5 Å². The molecular formula is C39H44N4O11S2. The molecular weight excluding hydrogens is 765 g/mol. The van der Waals surface area contributed by atoms with Crippen LogP contribution in [0, 0.1) is 0 Å². The number of nitrogens with two attached hydrogens (primary N) is 1. The van der Waals surface area contributed by atoms with Crippen LogP contribution in [0.3, 0.4) is 0 Å². The topological polar surface area (TPSA) is 212 Å². The van der Waals surface area contributed by atoms with Crippen LogP contribution < -0.4 is 11.1 Å². The van der Waals surface area contributed by atoms with Gasteiger partial charge in [0.15, 0.2) is 30.4 Å². The predicted octanol–water partition coefficient (Wildman–Crippen LogP) is 3.45. The number of hydrogen-bond acceptors (Lipinski definition) is 16. The van der Waals surface area contributed by atoms with Gasteiger partial charge in [0.25, 0.3) is 5.91 Å². The highest BCUT2D eigenvalue weighted by Crippen LogP contribution is 2.53. The summed E-state index contributed by atoms with van der Waals surface area (Å²) in [4.78, 5) is 48.5. The number of nitrogens with zero attached hydrogens (tertiary/aromatic N) is 2. The summed E-state index contributed by atoms with van der Waals surface area (Å²) in [6.45, 7) is 6.89. The highest BCUT2D eigenvalue weighted by Gasteiger charge is 2.55. The molecule has 0 spiro atoms. The Morgan fingerprint density at radius 2 is 1.89 bits per heavy atom. The Hall–Kier alpha value is -3.78. The molecule has 3 aromatic rings. The number of pyridine rings is 1. The highest BCUT2D eigenvalue weighted by atomic mass is 33.1. The van der Waals surface area contributed by atoms with E-state index < -0.39 is 87.9 Å². The standard InChI is InChI=1S/C39H44N4O11S2/c1-18-34-22(43-12-13-51-36(50-4)35(43)54-34)14-25(52-18)53-23-16-39(49,37(48)42-17-38(2,3)56-55-24-10-5-6-11-41-24)15-20-27(23)33(47)29-28(31(20)45)30(44)19-8-7-9-21(40)26(19)32(29)46/h5-11,18,22-23,25,34-36,45,47,49H,12-17,40H2,1-4H3,(H,42,48)/t18-,22-,23-,25-,34+,35+,36-,39-/m0/s1. The Bertz CT molecular complexity index is 2070. The van der Waals surface area contributed by atoms with Gasteiger partial charge in [0.05, 0.1) is 35.5 Å². The smallest absolute Gasteiger partial charge is 0.252 e. The van der Waals surface area contributed by atoms with E-state index in [2.05, 4.69) is 15.2 Å². The summed E-state index contributed by atoms with van der Waals surface area (Å²) < 4.78 is 30.1. The van der Waals surface area contributed by atoms with Crippen LogP contribution in [-0.2, 0) is 34.9 Å². The summed E-state index contributed by atoms with van der Waals surface area (Å²) in [7, 11) is 4.51. The second-order valence-corrected chi connectivity index (χ2v) is 18.2. The number of benzene rings is 2. The molecule has 1 amide bonds. The van der Waals surface area contributed by atoms with Gasteiger partial charge >= 0.3 is 0 Å². The van der Waals surface area contributed by atoms with E-state index in [0.717, 1.165) is 5.03 Å². The number of carbonyl (C=O) groups excluding carboxylic acids is 3. The quantitative estimate of drug-likeness (QED) is 0.0931. The lowest BCUT2D eigenvalue weighted by molar-refractivity contribution is -0.256. The number of methoxy groups -OCH3 is 1. The number of ketones is 2. The van der Waals surface area contributed by atoms with Crippen LogP contribution in [0.25, 0.3) is 0 Å². The molecule has 0 unspecified atom stereocenters. The first-order valence-corrected chi connectivity index (χ1v) is 20.6. The van der Waals surface area contributed by atoms with Crippen molar-refractivity contribution in [1.82, 2.24) is 15.2 Å². The Balaban J connectivity index is 1.12. The van der Waals surface area contributed by atoms with Crippen LogP contribution in [0.1, 0.15) is 82.7 Å². The van der Waals surface area contributed by atoms with Crippen molar-refractivity contribution in [2.45, 2.75) is 98.6 Å². The molecule has 2 aromatic carbocycles. The zero-order chi connectivity index (χ0) is 39.7. The van der Waals surface area contributed by atoms with Gasteiger partial charge in [0.2, 0.25) is 0 Å². The minimum absolute atomic E-state index is 0.0229. The van der Waals surface area contributed by atoms with E-state index in [-0.39, 0.29) is 53.1 Å². The average molecular weight is 809 g/mol. The maximum atomic E-state index is 14.1. The first-order valence-electron chi connectivity index (χ1n) is 18.4. The molecule has 17 heteroatoms. The number of phenols is 2. The third-order valence-corrected chi connectivity index (χ3v) is 14.3. The van der Waals surface area contributed by atoms with Crippen LogP contribution >= 0.6 is 21.6 Å². The molecule has 8 atom stereocenters. The second kappa shape index (κ2) is 14.9. The fourth-order valence-electron chi connectivity index (χ4n) is 8.43. The van der Waals surface area contributed by atoms with Gasteiger partial charge in [0.1, 0.15) is 28.2 Å². The van der Waals surface area contributed by atoms with Gasteiger partial charge < -0.3 is 50.1 Å². The monoisotopic (exact) mass is 808 g/mol. The van der Waals surface area contributed by atoms with E-state index in [1.807, 2.05) is 39.0 Å². The molecule has 0 radical (unpaired) electrons. The third kappa shape index (κ3) is 6.75. The maximum Gasteiger partial charge on any atom is 0.252 e. The number of aliphatic hydroxyl groups is 1. The molecule has 2 aliphatic carbocycles. The van der Waals surface area contributed by atoms with Crippen molar-refractivity contribution in [2.75, 3.05) is 32.5 Å². The Labute approximate surface area is 330 Å². The van der Waals surface area contributed by atoms with Gasteiger partial charge in [-0.05, 0) is 49.8 Å². The van der Waals surface area contributed by atoms with Crippen LogP contribution in [-0.4, -0.2) is 117 Å². The largest absolute Gasteiger partial charge is 0.507 e. The number of fused-ring (bicyclic) bond motifs is 6. The van der Waals surface area contributed by atoms with Gasteiger partial charge in [0, 0.05) is 78.8 Å². The van der Waals surface area contributed by atoms with Gasteiger partial charge in [-0.2, -0.15) is 0 Å². The van der Waals surface area contributed by atoms with Crippen LogP contribution in [0.2, 0.25) is 0 Å². The van der Waals surface area contributed by atoms with Crippen LogP contribution in [0.15, 0.2) is 47.6 Å². The number of anilines is 1. The number of morpholine rings is 1. The second-order valence-electron chi connectivity index (χ2n) is 15.4. The van der Waals surface area contributed by atoms with Gasteiger partial charge in [-0.3, -0.25) is 19.3 Å². The third-order valence-electron chi connectivity index (χ3n) is 11.1. The molecule has 3 aliphatic heterocycles. The lowest BCUT2D eigenvalue weighted by Crippen LogP contribution is -2.56. The molecule has 8 rings (SSSR count). The number of hydrogen-bond donors (Lipinski definition) is 5. The van der Waals surface area contributed by atoms with Crippen molar-refractivity contribution < 1.29 is 53.4 Å². The summed E-state index contributed by atoms with van der Waals surface area (Å²) in [5.41, 5.74) is 2.91. The molecule has 1 aromatic heterocycles. The molecule has 0 bridgehead atoms. The van der Waals surface area contributed by atoms with E-state index in [0.29, 0.717) is 19.6 Å². The minimum atomic E-state index is -2.19. The molecule has 0 saturated carbocycles. The number of nitrogens with one attached hydrogen (secondary N) is 1. The van der Waals surface area contributed by atoms with Gasteiger partial charge in [-0.1, -0.05) is 29.0 Å². The van der Waals surface area contributed by atoms with E-state index in [9.17, 15) is 29.7 Å². The fraction of sp³-hybridized carbons (Fsp3) is 0.487. The molecule has 4 heterocycles. The maximum absolute atomic E-state index is 14.1. The van der Waals surface area contributed by atoms with Crippen molar-refractivity contribution in [2.24, 2.45) is 0 Å². The molecule has 56 heavy (non-hydrogen) atoms. The number of phenolic OH excluding ortho intramolecular Hbond substituents is 2. The minimum Gasteiger partial charge on any atom is -0.507 e. The normalized spacial score (nSPS) is 29.8. The first kappa shape index (κ1) is 39.1. The van der Waals surface area contributed by atoms with Crippen LogP contribution in [0.5, 0.6) is 11.5 Å². The molecule has 15 nitrogen and oxygen atoms in total. The summed E-state index contributed by atoms with van der Waals surface area (Å²) in [5.74, 6) is -3.45. The number of rotatable bonds is 9. The van der Waals surface area contributed by atoms with Crippen molar-refractivity contribution in [3.05, 3.63) is 76.0 Å². The zero-order valence-electron chi connectivity index (χ0n) is 31.2. The molecule has 6 N–H and O–H groups in total. The van der Waals surface area contributed by atoms with E-state index in [4.69, 9.17) is 29.4 Å². The van der Waals surface area contributed by atoms with Gasteiger partial charge in [-0.15, -0.1) is 0 Å². The highest BCUT2D eigenvalue weighted by molar-refractivity contribution is 8.77.